The van der Waals surface area contributed by atoms with Gasteiger partial charge in [-0.05, 0) is 56.5 Å². The second-order valence-electron chi connectivity index (χ2n) is 10.7. The number of methoxy groups -OCH3 is 1. The van der Waals surface area contributed by atoms with Gasteiger partial charge in [0, 0.05) is 18.5 Å². The van der Waals surface area contributed by atoms with Gasteiger partial charge in [0.15, 0.2) is 0 Å². The van der Waals surface area contributed by atoms with Gasteiger partial charge < -0.3 is 30.1 Å². The number of nitrogens with one attached hydrogen (secondary N) is 2. The lowest BCUT2D eigenvalue weighted by molar-refractivity contribution is -0.144. The van der Waals surface area contributed by atoms with Crippen LogP contribution in [0.25, 0.3) is 0 Å². The van der Waals surface area contributed by atoms with Gasteiger partial charge in [-0.25, -0.2) is 4.79 Å². The third-order valence-electron chi connectivity index (χ3n) is 6.26. The van der Waals surface area contributed by atoms with Gasteiger partial charge in [-0.15, -0.1) is 6.42 Å². The van der Waals surface area contributed by atoms with E-state index in [-0.39, 0.29) is 18.7 Å². The molecule has 42 heavy (non-hydrogen) atoms. The monoisotopic (exact) mass is 579 g/mol. The largest absolute Gasteiger partial charge is 0.508 e. The average Bonchev–Trinajstić information content (AvgIpc) is 2.95. The van der Waals surface area contributed by atoms with E-state index in [4.69, 9.17) is 11.2 Å². The maximum absolute atomic E-state index is 14.4. The molecular weight excluding hydrogens is 538 g/mol. The number of unbranched alkanes of at least 4 members (excludes halogenated alkanes) is 2. The first-order valence-electron chi connectivity index (χ1n) is 13.9. The van der Waals surface area contributed by atoms with Crippen LogP contribution in [0.4, 0.5) is 4.79 Å². The van der Waals surface area contributed by atoms with Crippen molar-refractivity contribution in [3.8, 4) is 18.1 Å². The molecule has 0 spiro atoms. The lowest BCUT2D eigenvalue weighted by atomic mass is 9.96. The van der Waals surface area contributed by atoms with E-state index in [0.717, 1.165) is 12.8 Å². The Morgan fingerprint density at radius 2 is 1.71 bits per heavy atom. The lowest BCUT2D eigenvalue weighted by Crippen LogP contribution is -2.54. The summed E-state index contributed by atoms with van der Waals surface area (Å²) in [6, 6.07) is 10.6. The highest BCUT2D eigenvalue weighted by molar-refractivity contribution is 5.93. The SMILES string of the molecule is C#Cc1ccccc1C(C(=O)NCC(=O)OC)N(CCCCC)C(=O)C(Cc1ccc(O)cc1)NC(=O)OC(C)(C)C. The summed E-state index contributed by atoms with van der Waals surface area (Å²) in [5, 5.41) is 15.0. The van der Waals surface area contributed by atoms with Crippen LogP contribution in [0.1, 0.15) is 69.7 Å². The van der Waals surface area contributed by atoms with Crippen LogP contribution < -0.4 is 10.6 Å². The van der Waals surface area contributed by atoms with Crippen molar-refractivity contribution in [3.63, 3.8) is 0 Å². The molecule has 0 aromatic heterocycles. The second kappa shape index (κ2) is 16.1. The van der Waals surface area contributed by atoms with E-state index in [1.165, 1.54) is 24.1 Å². The molecule has 0 saturated heterocycles. The number of amides is 3. The molecule has 2 rings (SSSR count). The molecule has 0 fully saturated rings. The van der Waals surface area contributed by atoms with E-state index in [1.807, 2.05) is 6.92 Å². The van der Waals surface area contributed by atoms with Crippen molar-refractivity contribution in [2.75, 3.05) is 20.2 Å². The first-order chi connectivity index (χ1) is 19.9. The molecule has 2 aromatic rings. The van der Waals surface area contributed by atoms with E-state index in [0.29, 0.717) is 23.1 Å². The van der Waals surface area contributed by atoms with Gasteiger partial charge in [0.1, 0.15) is 30.0 Å². The number of aromatic hydroxyl groups is 1. The number of carbonyl (C=O) groups is 4. The predicted octanol–water partition coefficient (Wildman–Crippen LogP) is 3.86. The molecule has 226 valence electrons. The maximum atomic E-state index is 14.4. The molecule has 2 aromatic carbocycles. The topological polar surface area (TPSA) is 134 Å². The minimum atomic E-state index is -1.21. The second-order valence-corrected chi connectivity index (χ2v) is 10.7. The Kier molecular flexibility index (Phi) is 12.9. The normalized spacial score (nSPS) is 12.3. The molecule has 10 heteroatoms. The molecule has 0 radical (unpaired) electrons. The van der Waals surface area contributed by atoms with E-state index in [2.05, 4.69) is 21.3 Å². The summed E-state index contributed by atoms with van der Waals surface area (Å²) in [5.74, 6) is 0.793. The van der Waals surface area contributed by atoms with Crippen molar-refractivity contribution in [1.82, 2.24) is 15.5 Å². The fourth-order valence-corrected chi connectivity index (χ4v) is 4.26. The molecule has 2 atom stereocenters. The summed E-state index contributed by atoms with van der Waals surface area (Å²) in [5.41, 5.74) is 0.637. The highest BCUT2D eigenvalue weighted by Crippen LogP contribution is 2.27. The van der Waals surface area contributed by atoms with Crippen LogP contribution in [-0.4, -0.2) is 65.7 Å². The van der Waals surface area contributed by atoms with E-state index < -0.39 is 48.1 Å². The molecule has 10 nitrogen and oxygen atoms in total. The third-order valence-corrected chi connectivity index (χ3v) is 6.26. The summed E-state index contributed by atoms with van der Waals surface area (Å²) < 4.78 is 10.1. The minimum absolute atomic E-state index is 0.0515. The number of ether oxygens (including phenoxy) is 2. The van der Waals surface area contributed by atoms with Crippen LogP contribution >= 0.6 is 0 Å². The van der Waals surface area contributed by atoms with Gasteiger partial charge in [0.2, 0.25) is 11.8 Å². The summed E-state index contributed by atoms with van der Waals surface area (Å²) in [6.45, 7) is 6.90. The molecule has 0 saturated carbocycles. The third kappa shape index (κ3) is 10.5. The van der Waals surface area contributed by atoms with Gasteiger partial charge in [-0.2, -0.15) is 0 Å². The molecular formula is C32H41N3O7. The summed E-state index contributed by atoms with van der Waals surface area (Å²) >= 11 is 0. The first kappa shape index (κ1) is 33.7. The van der Waals surface area contributed by atoms with E-state index in [1.54, 1.807) is 57.2 Å². The van der Waals surface area contributed by atoms with Crippen LogP contribution in [0, 0.1) is 12.3 Å². The fourth-order valence-electron chi connectivity index (χ4n) is 4.26. The van der Waals surface area contributed by atoms with Crippen molar-refractivity contribution in [3.05, 3.63) is 65.2 Å². The number of terminal acetylenes is 1. The quantitative estimate of drug-likeness (QED) is 0.186. The smallest absolute Gasteiger partial charge is 0.408 e. The van der Waals surface area contributed by atoms with Crippen LogP contribution in [0.3, 0.4) is 0 Å². The van der Waals surface area contributed by atoms with Crippen LogP contribution in [0.15, 0.2) is 48.5 Å². The number of benzene rings is 2. The van der Waals surface area contributed by atoms with Crippen molar-refractivity contribution < 1.29 is 33.8 Å². The number of alkyl carbamates (subject to hydrolysis) is 1. The summed E-state index contributed by atoms with van der Waals surface area (Å²) in [7, 11) is 1.20. The van der Waals surface area contributed by atoms with Crippen molar-refractivity contribution in [2.24, 2.45) is 0 Å². The van der Waals surface area contributed by atoms with Crippen molar-refractivity contribution >= 4 is 23.9 Å². The zero-order valence-electron chi connectivity index (χ0n) is 24.9. The number of hydrogen-bond acceptors (Lipinski definition) is 7. The van der Waals surface area contributed by atoms with Gasteiger partial charge in [0.25, 0.3) is 0 Å². The Hall–Kier alpha value is -4.52. The molecule has 0 heterocycles. The number of hydrogen-bond donors (Lipinski definition) is 3. The number of esters is 1. The lowest BCUT2D eigenvalue weighted by Gasteiger charge is -2.35. The fraction of sp³-hybridized carbons (Fsp3) is 0.438. The Labute approximate surface area is 247 Å². The highest BCUT2D eigenvalue weighted by Gasteiger charge is 2.37. The van der Waals surface area contributed by atoms with Gasteiger partial charge in [0.05, 0.1) is 7.11 Å². The molecule has 0 aliphatic carbocycles. The van der Waals surface area contributed by atoms with Crippen LogP contribution in [0.2, 0.25) is 0 Å². The van der Waals surface area contributed by atoms with Gasteiger partial charge in [-0.3, -0.25) is 14.4 Å². The van der Waals surface area contributed by atoms with E-state index >= 15 is 0 Å². The zero-order valence-corrected chi connectivity index (χ0v) is 24.9. The van der Waals surface area contributed by atoms with Crippen molar-refractivity contribution in [1.29, 1.82) is 0 Å². The predicted molar refractivity (Wildman–Crippen MR) is 158 cm³/mol. The van der Waals surface area contributed by atoms with Crippen molar-refractivity contribution in [2.45, 2.75) is 71.1 Å². The van der Waals surface area contributed by atoms with Crippen LogP contribution in [0.5, 0.6) is 5.75 Å². The minimum Gasteiger partial charge on any atom is -0.508 e. The molecule has 3 N–H and O–H groups in total. The first-order valence-corrected chi connectivity index (χ1v) is 13.9. The average molecular weight is 580 g/mol. The highest BCUT2D eigenvalue weighted by atomic mass is 16.6. The Bertz CT molecular complexity index is 1260. The van der Waals surface area contributed by atoms with Gasteiger partial charge in [-0.1, -0.05) is 56.0 Å². The molecule has 0 aliphatic rings. The van der Waals surface area contributed by atoms with Gasteiger partial charge >= 0.3 is 12.1 Å². The number of rotatable bonds is 13. The van der Waals surface area contributed by atoms with Crippen LogP contribution in [-0.2, 0) is 30.3 Å². The number of phenolic OH excluding ortho intramolecular Hbond substituents is 1. The Morgan fingerprint density at radius 3 is 2.31 bits per heavy atom. The van der Waals surface area contributed by atoms with E-state index in [9.17, 15) is 24.3 Å². The summed E-state index contributed by atoms with van der Waals surface area (Å²) in [4.78, 5) is 54.3. The Morgan fingerprint density at radius 1 is 1.05 bits per heavy atom. The zero-order chi connectivity index (χ0) is 31.3. The molecule has 2 unspecified atom stereocenters. The standard InChI is InChI=1S/C32H41N3O7/c1-7-9-12-19-35(28(29(38)33-21-27(37)41-6)25-14-11-10-13-23(25)8-2)30(39)26(34-31(40)42-32(3,4)5)20-22-15-17-24(36)18-16-22/h2,10-11,13-18,26,28,36H,7,9,12,19-21H2,1,3-6H3,(H,33,38)(H,34,40). The molecule has 0 bridgehead atoms. The Balaban J connectivity index is 2.62. The maximum Gasteiger partial charge on any atom is 0.408 e. The number of carbonyl (C=O) groups excluding carboxylic acids is 4. The summed E-state index contributed by atoms with van der Waals surface area (Å²) in [6.07, 6.45) is 7.23. The molecule has 0 aliphatic heterocycles. The number of nitrogens with zero attached hydrogens (tertiary/aromatic N) is 1. The number of phenols is 1. The molecule has 3 amide bonds.